The molecule has 0 spiro atoms. The number of nitrogens with one attached hydrogen (secondary N) is 2. The number of halogens is 1. The van der Waals surface area contributed by atoms with Crippen LogP contribution in [0.4, 0.5) is 10.1 Å². The first-order valence-corrected chi connectivity index (χ1v) is 11.3. The molecule has 0 bridgehead atoms. The van der Waals surface area contributed by atoms with E-state index in [1.54, 1.807) is 6.92 Å². The average Bonchev–Trinajstić information content (AvgIpc) is 3.29. The third-order valence-electron chi connectivity index (χ3n) is 5.20. The van der Waals surface area contributed by atoms with E-state index >= 15 is 0 Å². The molecule has 1 heterocycles. The number of carbonyl (C=O) groups is 2. The van der Waals surface area contributed by atoms with Crippen LogP contribution < -0.4 is 10.6 Å². The van der Waals surface area contributed by atoms with Gasteiger partial charge in [0, 0.05) is 12.2 Å². The fraction of sp³-hybridized carbons (Fsp3) is 0.391. The Labute approximate surface area is 181 Å². The number of amides is 2. The van der Waals surface area contributed by atoms with Gasteiger partial charge < -0.3 is 10.6 Å². The van der Waals surface area contributed by atoms with Crippen molar-refractivity contribution >= 4 is 29.3 Å². The Bertz CT molecular complexity index is 826. The zero-order chi connectivity index (χ0) is 21.3. The highest BCUT2D eigenvalue weighted by Crippen LogP contribution is 2.24. The Morgan fingerprint density at radius 2 is 1.73 bits per heavy atom. The number of carbonyl (C=O) groups excluding carboxylic acids is 2. The average molecular weight is 430 g/mol. The van der Waals surface area contributed by atoms with Gasteiger partial charge in [0.25, 0.3) is 0 Å². The normalized spacial score (nSPS) is 16.1. The summed E-state index contributed by atoms with van der Waals surface area (Å²) in [7, 11) is 0. The molecule has 2 N–H and O–H groups in total. The van der Waals surface area contributed by atoms with Gasteiger partial charge in [0.2, 0.25) is 11.8 Å². The Kier molecular flexibility index (Phi) is 8.28. The highest BCUT2D eigenvalue weighted by molar-refractivity contribution is 8.01. The number of hydrogen-bond donors (Lipinski definition) is 2. The molecule has 3 rings (SSSR count). The molecular formula is C23H28FN3O2S. The Balaban J connectivity index is 1.46. The summed E-state index contributed by atoms with van der Waals surface area (Å²) in [6.07, 6.45) is 2.37. The number of hydrogen-bond acceptors (Lipinski definition) is 4. The van der Waals surface area contributed by atoms with Gasteiger partial charge in [-0.05, 0) is 62.7 Å². The predicted octanol–water partition coefficient (Wildman–Crippen LogP) is 3.84. The Hall–Kier alpha value is -2.38. The number of benzene rings is 2. The molecule has 2 atom stereocenters. The Morgan fingerprint density at radius 1 is 1.07 bits per heavy atom. The highest BCUT2D eigenvalue weighted by Gasteiger charge is 2.25. The van der Waals surface area contributed by atoms with Crippen LogP contribution in [0.25, 0.3) is 0 Å². The number of thioether (sulfide) groups is 1. The second kappa shape index (κ2) is 11.1. The summed E-state index contributed by atoms with van der Waals surface area (Å²) in [5, 5.41) is 5.42. The molecule has 1 aliphatic rings. The van der Waals surface area contributed by atoms with Gasteiger partial charge in [-0.3, -0.25) is 14.5 Å². The van der Waals surface area contributed by atoms with Crippen LogP contribution in [-0.4, -0.2) is 47.4 Å². The molecule has 5 nitrogen and oxygen atoms in total. The standard InChI is InChI=1S/C23H28FN3O2S/c1-17(30-16-22(28)26-20-11-9-19(24)10-12-20)23(29)25-15-21(27-13-5-6-14-27)18-7-3-2-4-8-18/h2-4,7-12,17,21H,5-6,13-16H2,1H3,(H,25,29)(H,26,28). The van der Waals surface area contributed by atoms with Gasteiger partial charge in [0.1, 0.15) is 5.82 Å². The van der Waals surface area contributed by atoms with Crippen molar-refractivity contribution in [3.8, 4) is 0 Å². The fourth-order valence-corrected chi connectivity index (χ4v) is 4.24. The topological polar surface area (TPSA) is 61.4 Å². The minimum atomic E-state index is -0.351. The van der Waals surface area contributed by atoms with Crippen molar-refractivity contribution in [2.24, 2.45) is 0 Å². The summed E-state index contributed by atoms with van der Waals surface area (Å²) in [4.78, 5) is 27.1. The van der Waals surface area contributed by atoms with E-state index in [9.17, 15) is 14.0 Å². The van der Waals surface area contributed by atoms with Gasteiger partial charge in [-0.1, -0.05) is 30.3 Å². The molecule has 0 saturated carbocycles. The molecule has 0 radical (unpaired) electrons. The lowest BCUT2D eigenvalue weighted by Gasteiger charge is -2.28. The summed E-state index contributed by atoms with van der Waals surface area (Å²) in [6, 6.07) is 16.0. The third-order valence-corrected chi connectivity index (χ3v) is 6.34. The second-order valence-corrected chi connectivity index (χ2v) is 8.75. The summed E-state index contributed by atoms with van der Waals surface area (Å²) in [6.45, 7) is 4.45. The first kappa shape index (κ1) is 22.3. The summed E-state index contributed by atoms with van der Waals surface area (Å²) < 4.78 is 12.9. The van der Waals surface area contributed by atoms with E-state index in [0.29, 0.717) is 12.2 Å². The molecule has 2 aromatic carbocycles. The van der Waals surface area contributed by atoms with Crippen LogP contribution in [0.2, 0.25) is 0 Å². The molecule has 0 aromatic heterocycles. The van der Waals surface area contributed by atoms with Crippen LogP contribution in [0.15, 0.2) is 54.6 Å². The molecule has 1 saturated heterocycles. The summed E-state index contributed by atoms with van der Waals surface area (Å²) in [5.41, 5.74) is 1.74. The number of anilines is 1. The quantitative estimate of drug-likeness (QED) is 0.636. The molecule has 2 amide bonds. The van der Waals surface area contributed by atoms with Crippen LogP contribution in [0.1, 0.15) is 31.4 Å². The van der Waals surface area contributed by atoms with Gasteiger partial charge in [-0.15, -0.1) is 11.8 Å². The maximum Gasteiger partial charge on any atom is 0.234 e. The van der Waals surface area contributed by atoms with E-state index in [0.717, 1.165) is 13.1 Å². The van der Waals surface area contributed by atoms with E-state index in [4.69, 9.17) is 0 Å². The lowest BCUT2D eigenvalue weighted by molar-refractivity contribution is -0.120. The first-order valence-electron chi connectivity index (χ1n) is 10.3. The lowest BCUT2D eigenvalue weighted by atomic mass is 10.1. The van der Waals surface area contributed by atoms with Crippen molar-refractivity contribution in [3.63, 3.8) is 0 Å². The summed E-state index contributed by atoms with van der Waals surface area (Å²) in [5.74, 6) is -0.490. The molecule has 30 heavy (non-hydrogen) atoms. The van der Waals surface area contributed by atoms with Crippen molar-refractivity contribution in [2.75, 3.05) is 30.7 Å². The van der Waals surface area contributed by atoms with Crippen LogP contribution in [0.5, 0.6) is 0 Å². The molecule has 2 aromatic rings. The molecular weight excluding hydrogens is 401 g/mol. The maximum absolute atomic E-state index is 12.9. The third kappa shape index (κ3) is 6.57. The summed E-state index contributed by atoms with van der Waals surface area (Å²) >= 11 is 1.28. The predicted molar refractivity (Wildman–Crippen MR) is 120 cm³/mol. The lowest BCUT2D eigenvalue weighted by Crippen LogP contribution is -2.39. The van der Waals surface area contributed by atoms with Crippen molar-refractivity contribution in [3.05, 3.63) is 66.0 Å². The zero-order valence-corrected chi connectivity index (χ0v) is 18.0. The highest BCUT2D eigenvalue weighted by atomic mass is 32.2. The first-order chi connectivity index (χ1) is 14.5. The van der Waals surface area contributed by atoms with Crippen LogP contribution in [0, 0.1) is 5.82 Å². The molecule has 2 unspecified atom stereocenters. The molecule has 7 heteroatoms. The number of likely N-dealkylation sites (tertiary alicyclic amines) is 1. The fourth-order valence-electron chi connectivity index (χ4n) is 3.53. The largest absolute Gasteiger partial charge is 0.353 e. The Morgan fingerprint density at radius 3 is 2.40 bits per heavy atom. The smallest absolute Gasteiger partial charge is 0.234 e. The van der Waals surface area contributed by atoms with Crippen molar-refractivity contribution < 1.29 is 14.0 Å². The van der Waals surface area contributed by atoms with Crippen LogP contribution in [0.3, 0.4) is 0 Å². The molecule has 1 fully saturated rings. The van der Waals surface area contributed by atoms with Crippen molar-refractivity contribution in [1.82, 2.24) is 10.2 Å². The number of nitrogens with zero attached hydrogens (tertiary/aromatic N) is 1. The van der Waals surface area contributed by atoms with Gasteiger partial charge in [-0.2, -0.15) is 0 Å². The van der Waals surface area contributed by atoms with Crippen molar-refractivity contribution in [2.45, 2.75) is 31.1 Å². The zero-order valence-electron chi connectivity index (χ0n) is 17.1. The second-order valence-electron chi connectivity index (χ2n) is 7.42. The van der Waals surface area contributed by atoms with Crippen LogP contribution >= 0.6 is 11.8 Å². The molecule has 160 valence electrons. The minimum absolute atomic E-state index is 0.0743. The van der Waals surface area contributed by atoms with Crippen molar-refractivity contribution in [1.29, 1.82) is 0 Å². The van der Waals surface area contributed by atoms with E-state index in [1.165, 1.54) is 54.4 Å². The molecule has 1 aliphatic heterocycles. The van der Waals surface area contributed by atoms with Gasteiger partial charge in [-0.25, -0.2) is 4.39 Å². The monoisotopic (exact) mass is 429 g/mol. The van der Waals surface area contributed by atoms with Gasteiger partial charge in [0.05, 0.1) is 17.0 Å². The minimum Gasteiger partial charge on any atom is -0.353 e. The van der Waals surface area contributed by atoms with E-state index in [1.807, 2.05) is 18.2 Å². The maximum atomic E-state index is 12.9. The van der Waals surface area contributed by atoms with Gasteiger partial charge >= 0.3 is 0 Å². The number of rotatable bonds is 9. The SMILES string of the molecule is CC(SCC(=O)Nc1ccc(F)cc1)C(=O)NCC(c1ccccc1)N1CCCC1. The van der Waals surface area contributed by atoms with Crippen LogP contribution in [-0.2, 0) is 9.59 Å². The van der Waals surface area contributed by atoms with E-state index in [-0.39, 0.29) is 34.7 Å². The van der Waals surface area contributed by atoms with Gasteiger partial charge in [0.15, 0.2) is 0 Å². The van der Waals surface area contributed by atoms with E-state index in [2.05, 4.69) is 27.7 Å². The molecule has 0 aliphatic carbocycles. The van der Waals surface area contributed by atoms with E-state index < -0.39 is 0 Å².